The summed E-state index contributed by atoms with van der Waals surface area (Å²) in [7, 11) is 0. The summed E-state index contributed by atoms with van der Waals surface area (Å²) in [5.74, 6) is 0.554. The van der Waals surface area contributed by atoms with Crippen LogP contribution in [0.5, 0.6) is 0 Å². The number of ether oxygens (including phenoxy) is 1. The summed E-state index contributed by atoms with van der Waals surface area (Å²) in [6, 6.07) is 0. The molecule has 0 radical (unpaired) electrons. The monoisotopic (exact) mass is 256 g/mol. The van der Waals surface area contributed by atoms with Crippen molar-refractivity contribution in [1.82, 2.24) is 0 Å². The van der Waals surface area contributed by atoms with E-state index in [1.165, 1.54) is 0 Å². The molecule has 0 aromatic carbocycles. The van der Waals surface area contributed by atoms with Crippen LogP contribution >= 0.6 is 34.2 Å². The van der Waals surface area contributed by atoms with Gasteiger partial charge in [-0.2, -0.15) is 0 Å². The summed E-state index contributed by atoms with van der Waals surface area (Å²) in [5.41, 5.74) is 1.12. The van der Waals surface area contributed by atoms with E-state index < -0.39 is 0 Å². The van der Waals surface area contributed by atoms with Crippen molar-refractivity contribution in [3.8, 4) is 0 Å². The van der Waals surface area contributed by atoms with Gasteiger partial charge in [0.05, 0.1) is 6.26 Å². The van der Waals surface area contributed by atoms with Crippen molar-refractivity contribution in [2.45, 2.75) is 4.11 Å². The third-order valence-corrected chi connectivity index (χ3v) is 2.43. The zero-order valence-electron chi connectivity index (χ0n) is 4.68. The lowest BCUT2D eigenvalue weighted by Gasteiger charge is -2.13. The molecule has 0 aromatic rings. The first kappa shape index (κ1) is 7.41. The highest BCUT2D eigenvalue weighted by atomic mass is 127. The summed E-state index contributed by atoms with van der Waals surface area (Å²) < 4.78 is 5.26. The molecule has 3 heteroatoms. The molecule has 1 aliphatic heterocycles. The Hall–Kier alpha value is 0.300. The molecule has 0 fully saturated rings. The van der Waals surface area contributed by atoms with Crippen molar-refractivity contribution in [3.63, 3.8) is 0 Å². The van der Waals surface area contributed by atoms with Crippen LogP contribution < -0.4 is 0 Å². The van der Waals surface area contributed by atoms with Crippen LogP contribution in [0.3, 0.4) is 0 Å². The molecule has 1 aliphatic rings. The Kier molecular flexibility index (Phi) is 2.85. The Balaban J connectivity index is 2.63. The first-order chi connectivity index (χ1) is 4.34. The number of rotatable bonds is 1. The molecule has 0 aliphatic carbocycles. The first-order valence-corrected chi connectivity index (χ1v) is 4.33. The lowest BCUT2D eigenvalue weighted by molar-refractivity contribution is 0.260. The maximum atomic E-state index is 5.59. The quantitative estimate of drug-likeness (QED) is 0.517. The first-order valence-electron chi connectivity index (χ1n) is 2.55. The number of hydrogen-bond acceptors (Lipinski definition) is 1. The van der Waals surface area contributed by atoms with Gasteiger partial charge in [0.2, 0.25) is 0 Å². The van der Waals surface area contributed by atoms with Crippen LogP contribution in [0.2, 0.25) is 0 Å². The van der Waals surface area contributed by atoms with Crippen molar-refractivity contribution in [2.75, 3.05) is 5.88 Å². The smallest absolute Gasteiger partial charge is 0.170 e. The van der Waals surface area contributed by atoms with Gasteiger partial charge < -0.3 is 4.74 Å². The van der Waals surface area contributed by atoms with E-state index in [9.17, 15) is 0 Å². The molecule has 1 nitrogen and oxygen atoms in total. The fourth-order valence-corrected chi connectivity index (χ4v) is 1.63. The van der Waals surface area contributed by atoms with Gasteiger partial charge in [0.15, 0.2) is 4.11 Å². The largest absolute Gasteiger partial charge is 0.483 e. The highest BCUT2D eigenvalue weighted by molar-refractivity contribution is 14.1. The number of allylic oxidation sites excluding steroid dienone is 2. The van der Waals surface area contributed by atoms with Crippen LogP contribution in [-0.2, 0) is 4.74 Å². The van der Waals surface area contributed by atoms with Crippen LogP contribution in [0.4, 0.5) is 0 Å². The Morgan fingerprint density at radius 2 is 2.56 bits per heavy atom. The Labute approximate surface area is 72.9 Å². The van der Waals surface area contributed by atoms with Crippen LogP contribution in [0.15, 0.2) is 24.0 Å². The minimum Gasteiger partial charge on any atom is -0.483 e. The van der Waals surface area contributed by atoms with Crippen molar-refractivity contribution >= 4 is 34.2 Å². The molecule has 0 aromatic heterocycles. The van der Waals surface area contributed by atoms with E-state index in [4.69, 9.17) is 16.3 Å². The molecule has 1 rings (SSSR count). The molecular formula is C6H6ClIO. The lowest BCUT2D eigenvalue weighted by atomic mass is 10.3. The van der Waals surface area contributed by atoms with E-state index in [-0.39, 0.29) is 4.11 Å². The molecule has 1 unspecified atom stereocenters. The predicted octanol–water partition coefficient (Wildman–Crippen LogP) is 2.46. The highest BCUT2D eigenvalue weighted by Crippen LogP contribution is 2.19. The van der Waals surface area contributed by atoms with Crippen LogP contribution in [-0.4, -0.2) is 9.99 Å². The average molecular weight is 256 g/mol. The highest BCUT2D eigenvalue weighted by Gasteiger charge is 2.09. The minimum absolute atomic E-state index is 0.130. The SMILES string of the molecule is ClCC1=CC=COC1I. The second-order valence-corrected chi connectivity index (χ2v) is 3.05. The lowest BCUT2D eigenvalue weighted by Crippen LogP contribution is -2.07. The summed E-state index contributed by atoms with van der Waals surface area (Å²) in [6.07, 6.45) is 5.51. The van der Waals surface area contributed by atoms with E-state index in [1.54, 1.807) is 6.26 Å². The van der Waals surface area contributed by atoms with E-state index in [2.05, 4.69) is 22.6 Å². The topological polar surface area (TPSA) is 9.23 Å². The van der Waals surface area contributed by atoms with Gasteiger partial charge in [0.1, 0.15) is 0 Å². The van der Waals surface area contributed by atoms with Gasteiger partial charge in [0, 0.05) is 5.88 Å². The van der Waals surface area contributed by atoms with Crippen molar-refractivity contribution in [2.24, 2.45) is 0 Å². The van der Waals surface area contributed by atoms with E-state index >= 15 is 0 Å². The summed E-state index contributed by atoms with van der Waals surface area (Å²) in [4.78, 5) is 0. The second kappa shape index (κ2) is 3.46. The van der Waals surface area contributed by atoms with Crippen molar-refractivity contribution in [3.05, 3.63) is 24.0 Å². The van der Waals surface area contributed by atoms with Gasteiger partial charge in [-0.1, -0.05) is 6.08 Å². The van der Waals surface area contributed by atoms with E-state index in [1.807, 2.05) is 12.2 Å². The van der Waals surface area contributed by atoms with Crippen LogP contribution in [0.25, 0.3) is 0 Å². The Bertz CT molecular complexity index is 153. The molecule has 0 spiro atoms. The molecular weight excluding hydrogens is 250 g/mol. The summed E-state index contributed by atoms with van der Waals surface area (Å²) >= 11 is 7.78. The molecule has 0 N–H and O–H groups in total. The Morgan fingerprint density at radius 3 is 3.00 bits per heavy atom. The van der Waals surface area contributed by atoms with Gasteiger partial charge in [-0.3, -0.25) is 0 Å². The van der Waals surface area contributed by atoms with Gasteiger partial charge in [-0.25, -0.2) is 0 Å². The normalized spacial score (nSPS) is 25.1. The molecule has 0 saturated carbocycles. The van der Waals surface area contributed by atoms with E-state index in [0.717, 1.165) is 5.57 Å². The van der Waals surface area contributed by atoms with E-state index in [0.29, 0.717) is 5.88 Å². The number of hydrogen-bond donors (Lipinski definition) is 0. The molecule has 0 saturated heterocycles. The van der Waals surface area contributed by atoms with Crippen LogP contribution in [0.1, 0.15) is 0 Å². The molecule has 1 atom stereocenters. The third-order valence-electron chi connectivity index (χ3n) is 1.03. The average Bonchev–Trinajstić information content (AvgIpc) is 1.89. The van der Waals surface area contributed by atoms with Crippen molar-refractivity contribution in [1.29, 1.82) is 0 Å². The fourth-order valence-electron chi connectivity index (χ4n) is 0.545. The second-order valence-electron chi connectivity index (χ2n) is 1.66. The molecule has 0 bridgehead atoms. The third kappa shape index (κ3) is 1.86. The maximum Gasteiger partial charge on any atom is 0.170 e. The molecule has 0 amide bonds. The van der Waals surface area contributed by atoms with Gasteiger partial charge >= 0.3 is 0 Å². The Morgan fingerprint density at radius 1 is 1.78 bits per heavy atom. The van der Waals surface area contributed by atoms with Gasteiger partial charge in [-0.15, -0.1) is 11.6 Å². The zero-order valence-corrected chi connectivity index (χ0v) is 7.59. The van der Waals surface area contributed by atoms with Gasteiger partial charge in [-0.05, 0) is 34.2 Å². The van der Waals surface area contributed by atoms with Crippen LogP contribution in [0, 0.1) is 0 Å². The van der Waals surface area contributed by atoms with Gasteiger partial charge in [0.25, 0.3) is 0 Å². The maximum absolute atomic E-state index is 5.59. The predicted molar refractivity (Wildman–Crippen MR) is 46.8 cm³/mol. The van der Waals surface area contributed by atoms with Crippen molar-refractivity contribution < 1.29 is 4.74 Å². The zero-order chi connectivity index (χ0) is 6.69. The fraction of sp³-hybridized carbons (Fsp3) is 0.333. The standard InChI is InChI=1S/C6H6ClIO/c7-4-5-2-1-3-9-6(5)8/h1-3,6H,4H2. The molecule has 50 valence electrons. The summed E-state index contributed by atoms with van der Waals surface area (Å²) in [5, 5.41) is 0. The summed E-state index contributed by atoms with van der Waals surface area (Å²) in [6.45, 7) is 0. The molecule has 9 heavy (non-hydrogen) atoms. The molecule has 1 heterocycles. The number of alkyl halides is 2. The number of halogens is 2. The minimum atomic E-state index is 0.130.